The summed E-state index contributed by atoms with van der Waals surface area (Å²) in [5.41, 5.74) is 2.12. The molecular weight excluding hydrogens is 312 g/mol. The van der Waals surface area contributed by atoms with Crippen molar-refractivity contribution in [3.63, 3.8) is 0 Å². The van der Waals surface area contributed by atoms with E-state index in [1.807, 2.05) is 31.2 Å². The Morgan fingerprint density at radius 1 is 1.17 bits per heavy atom. The molecule has 0 radical (unpaired) electrons. The van der Waals surface area contributed by atoms with Crippen molar-refractivity contribution in [2.75, 3.05) is 27.2 Å². The maximum atomic E-state index is 12.9. The van der Waals surface area contributed by atoms with E-state index in [1.165, 1.54) is 9.21 Å². The summed E-state index contributed by atoms with van der Waals surface area (Å²) in [5.74, 6) is -0.209. The number of amides is 1. The van der Waals surface area contributed by atoms with E-state index >= 15 is 0 Å². The molecule has 0 fully saturated rings. The second-order valence-electron chi connectivity index (χ2n) is 5.94. The molecule has 0 heterocycles. The summed E-state index contributed by atoms with van der Waals surface area (Å²) in [6.45, 7) is 2.15. The van der Waals surface area contributed by atoms with Gasteiger partial charge in [0.2, 0.25) is 15.9 Å². The van der Waals surface area contributed by atoms with Crippen LogP contribution < -0.4 is 0 Å². The molecule has 5 nitrogen and oxygen atoms in total. The highest BCUT2D eigenvalue weighted by Gasteiger charge is 2.29. The molecule has 1 aromatic rings. The number of sulfonamides is 1. The van der Waals surface area contributed by atoms with E-state index in [9.17, 15) is 13.2 Å². The quantitative estimate of drug-likeness (QED) is 0.799. The molecule has 0 aromatic heterocycles. The molecule has 126 valence electrons. The zero-order valence-corrected chi connectivity index (χ0v) is 14.8. The van der Waals surface area contributed by atoms with Gasteiger partial charge in [-0.15, -0.1) is 0 Å². The molecule has 1 amide bonds. The number of carbonyl (C=O) groups excluding carboxylic acids is 1. The Bertz CT molecular complexity index is 708. The number of allylic oxidation sites excluding steroid dienone is 1. The van der Waals surface area contributed by atoms with Crippen LogP contribution in [0.2, 0.25) is 0 Å². The van der Waals surface area contributed by atoms with Gasteiger partial charge in [-0.25, -0.2) is 8.42 Å². The Labute approximate surface area is 138 Å². The average Bonchev–Trinajstić information content (AvgIpc) is 2.53. The highest BCUT2D eigenvalue weighted by molar-refractivity contribution is 7.93. The number of aryl methyl sites for hydroxylation is 1. The van der Waals surface area contributed by atoms with E-state index in [4.69, 9.17) is 0 Å². The molecule has 1 aromatic carbocycles. The molecule has 6 heteroatoms. The number of likely N-dealkylation sites (N-methyl/N-ethyl adjacent to an activating group) is 1. The number of nitrogens with zero attached hydrogens (tertiary/aromatic N) is 2. The molecule has 0 aliphatic heterocycles. The summed E-state index contributed by atoms with van der Waals surface area (Å²) in [5, 5.41) is 0. The summed E-state index contributed by atoms with van der Waals surface area (Å²) in [7, 11) is -0.342. The fraction of sp³-hybridized carbons (Fsp3) is 0.471. The van der Waals surface area contributed by atoms with Gasteiger partial charge in [-0.1, -0.05) is 31.2 Å². The molecule has 0 bridgehead atoms. The van der Waals surface area contributed by atoms with Gasteiger partial charge in [0.05, 0.1) is 11.4 Å². The maximum Gasteiger partial charge on any atom is 0.239 e. The van der Waals surface area contributed by atoms with Gasteiger partial charge < -0.3 is 4.90 Å². The standard InChI is InChI=1S/C17H24N2O3S/c1-4-11-19(13-17(20)18(2)3)23(21,22)16-10-9-14-7-5-6-8-15(14)12-16/h5-8,12H,4,9-11,13H2,1-3H3. The molecule has 0 unspecified atom stereocenters. The zero-order chi connectivity index (χ0) is 17.0. The van der Waals surface area contributed by atoms with E-state index in [-0.39, 0.29) is 12.5 Å². The predicted octanol–water partition coefficient (Wildman–Crippen LogP) is 2.10. The summed E-state index contributed by atoms with van der Waals surface area (Å²) >= 11 is 0. The third-order valence-electron chi connectivity index (χ3n) is 3.97. The first kappa shape index (κ1) is 17.7. The summed E-state index contributed by atoms with van der Waals surface area (Å²) < 4.78 is 27.2. The van der Waals surface area contributed by atoms with Gasteiger partial charge in [-0.05, 0) is 36.5 Å². The number of hydrogen-bond donors (Lipinski definition) is 0. The van der Waals surface area contributed by atoms with Crippen molar-refractivity contribution < 1.29 is 13.2 Å². The second-order valence-corrected chi connectivity index (χ2v) is 7.93. The Kier molecular flexibility index (Phi) is 5.59. The molecular formula is C17H24N2O3S. The van der Waals surface area contributed by atoms with E-state index < -0.39 is 10.0 Å². The minimum Gasteiger partial charge on any atom is -0.348 e. The fourth-order valence-corrected chi connectivity index (χ4v) is 4.27. The number of hydrogen-bond acceptors (Lipinski definition) is 3. The van der Waals surface area contributed by atoms with Crippen molar-refractivity contribution in [1.29, 1.82) is 0 Å². The lowest BCUT2D eigenvalue weighted by atomic mass is 9.98. The Morgan fingerprint density at radius 3 is 2.52 bits per heavy atom. The first-order chi connectivity index (χ1) is 10.9. The van der Waals surface area contributed by atoms with Crippen molar-refractivity contribution in [2.45, 2.75) is 26.2 Å². The molecule has 0 saturated heterocycles. The van der Waals surface area contributed by atoms with Crippen molar-refractivity contribution in [3.8, 4) is 0 Å². The normalized spacial score (nSPS) is 14.3. The molecule has 0 spiro atoms. The summed E-state index contributed by atoms with van der Waals surface area (Å²) in [4.78, 5) is 13.8. The van der Waals surface area contributed by atoms with Gasteiger partial charge in [-0.3, -0.25) is 4.79 Å². The van der Waals surface area contributed by atoms with Crippen molar-refractivity contribution in [2.24, 2.45) is 0 Å². The van der Waals surface area contributed by atoms with Gasteiger partial charge in [0.25, 0.3) is 0 Å². The van der Waals surface area contributed by atoms with Gasteiger partial charge in [0.1, 0.15) is 0 Å². The van der Waals surface area contributed by atoms with Gasteiger partial charge in [-0.2, -0.15) is 4.31 Å². The van der Waals surface area contributed by atoms with Crippen LogP contribution in [0.15, 0.2) is 29.2 Å². The van der Waals surface area contributed by atoms with Crippen LogP contribution >= 0.6 is 0 Å². The van der Waals surface area contributed by atoms with Crippen LogP contribution in [0.4, 0.5) is 0 Å². The van der Waals surface area contributed by atoms with Crippen LogP contribution in [0.25, 0.3) is 6.08 Å². The van der Waals surface area contributed by atoms with Crippen LogP contribution in [0.3, 0.4) is 0 Å². The Balaban J connectivity index is 2.31. The SMILES string of the molecule is CCCN(CC(=O)N(C)C)S(=O)(=O)C1=Cc2ccccc2CC1. The van der Waals surface area contributed by atoms with Crippen molar-refractivity contribution >= 4 is 22.0 Å². The molecule has 0 N–H and O–H groups in total. The number of benzene rings is 1. The highest BCUT2D eigenvalue weighted by Crippen LogP contribution is 2.28. The fourth-order valence-electron chi connectivity index (χ4n) is 2.60. The monoisotopic (exact) mass is 336 g/mol. The third-order valence-corrected chi connectivity index (χ3v) is 5.94. The summed E-state index contributed by atoms with van der Waals surface area (Å²) in [6.07, 6.45) is 3.61. The largest absolute Gasteiger partial charge is 0.348 e. The van der Waals surface area contributed by atoms with Crippen molar-refractivity contribution in [3.05, 3.63) is 40.3 Å². The van der Waals surface area contributed by atoms with Crippen LogP contribution in [-0.2, 0) is 21.2 Å². The molecule has 23 heavy (non-hydrogen) atoms. The lowest BCUT2D eigenvalue weighted by molar-refractivity contribution is -0.128. The van der Waals surface area contributed by atoms with Crippen LogP contribution in [-0.4, -0.2) is 50.7 Å². The topological polar surface area (TPSA) is 57.7 Å². The highest BCUT2D eigenvalue weighted by atomic mass is 32.2. The van der Waals surface area contributed by atoms with Crippen molar-refractivity contribution in [1.82, 2.24) is 9.21 Å². The lowest BCUT2D eigenvalue weighted by Crippen LogP contribution is -2.41. The van der Waals surface area contributed by atoms with Gasteiger partial charge in [0, 0.05) is 20.6 Å². The molecule has 2 rings (SSSR count). The average molecular weight is 336 g/mol. The first-order valence-electron chi connectivity index (χ1n) is 7.85. The number of rotatable bonds is 6. The molecule has 0 atom stereocenters. The molecule has 1 aliphatic carbocycles. The van der Waals surface area contributed by atoms with Gasteiger partial charge in [0.15, 0.2) is 0 Å². The zero-order valence-electron chi connectivity index (χ0n) is 13.9. The minimum atomic E-state index is -3.61. The first-order valence-corrected chi connectivity index (χ1v) is 9.29. The van der Waals surface area contributed by atoms with E-state index in [2.05, 4.69) is 0 Å². The summed E-state index contributed by atoms with van der Waals surface area (Å²) in [6, 6.07) is 7.82. The number of fused-ring (bicyclic) bond motifs is 1. The van der Waals surface area contributed by atoms with E-state index in [0.29, 0.717) is 30.7 Å². The predicted molar refractivity (Wildman–Crippen MR) is 92.2 cm³/mol. The lowest BCUT2D eigenvalue weighted by Gasteiger charge is -2.26. The Morgan fingerprint density at radius 2 is 1.87 bits per heavy atom. The van der Waals surface area contributed by atoms with Gasteiger partial charge >= 0.3 is 0 Å². The van der Waals surface area contributed by atoms with Crippen LogP contribution in [0.5, 0.6) is 0 Å². The minimum absolute atomic E-state index is 0.109. The van der Waals surface area contributed by atoms with E-state index in [0.717, 1.165) is 11.1 Å². The van der Waals surface area contributed by atoms with E-state index in [1.54, 1.807) is 20.2 Å². The molecule has 0 saturated carbocycles. The maximum absolute atomic E-state index is 12.9. The molecule has 1 aliphatic rings. The smallest absolute Gasteiger partial charge is 0.239 e. The second kappa shape index (κ2) is 7.27. The van der Waals surface area contributed by atoms with Crippen LogP contribution in [0, 0.1) is 0 Å². The third kappa shape index (κ3) is 4.00. The number of carbonyl (C=O) groups is 1. The van der Waals surface area contributed by atoms with Crippen LogP contribution in [0.1, 0.15) is 30.9 Å². The Hall–Kier alpha value is -1.66.